The number of nitro benzene ring substituents is 1. The molecule has 6 nitrogen and oxygen atoms in total. The summed E-state index contributed by atoms with van der Waals surface area (Å²) >= 11 is 0. The lowest BCUT2D eigenvalue weighted by Gasteiger charge is -2.12. The summed E-state index contributed by atoms with van der Waals surface area (Å²) in [6.45, 7) is 1.97. The molecule has 0 heterocycles. The molecule has 1 N–H and O–H groups in total. The van der Waals surface area contributed by atoms with E-state index in [1.165, 1.54) is 6.07 Å². The SMILES string of the molecule is CCOC(=O)c1ccccc1Nc1ccc(-c2ccccc2)cc1[N+](=O)[O-]. The highest BCUT2D eigenvalue weighted by atomic mass is 16.6. The highest BCUT2D eigenvalue weighted by Gasteiger charge is 2.18. The Balaban J connectivity index is 1.99. The van der Waals surface area contributed by atoms with Gasteiger partial charge >= 0.3 is 5.97 Å². The van der Waals surface area contributed by atoms with Gasteiger partial charge in [0.15, 0.2) is 0 Å². The van der Waals surface area contributed by atoms with Crippen LogP contribution in [0.25, 0.3) is 11.1 Å². The lowest BCUT2D eigenvalue weighted by Crippen LogP contribution is -2.08. The van der Waals surface area contributed by atoms with E-state index in [1.807, 2.05) is 30.3 Å². The number of nitro groups is 1. The molecule has 0 saturated heterocycles. The van der Waals surface area contributed by atoms with E-state index in [2.05, 4.69) is 5.32 Å². The molecule has 0 fully saturated rings. The summed E-state index contributed by atoms with van der Waals surface area (Å²) in [5.41, 5.74) is 2.63. The summed E-state index contributed by atoms with van der Waals surface area (Å²) in [6, 6.07) is 21.1. The third-order valence-electron chi connectivity index (χ3n) is 3.99. The van der Waals surface area contributed by atoms with Crippen molar-refractivity contribution in [2.24, 2.45) is 0 Å². The number of nitrogens with one attached hydrogen (secondary N) is 1. The second kappa shape index (κ2) is 8.14. The first-order valence-electron chi connectivity index (χ1n) is 8.47. The number of anilines is 2. The molecule has 136 valence electrons. The van der Waals surface area contributed by atoms with E-state index in [9.17, 15) is 14.9 Å². The third-order valence-corrected chi connectivity index (χ3v) is 3.99. The minimum atomic E-state index is -0.482. The normalized spacial score (nSPS) is 10.3. The van der Waals surface area contributed by atoms with Gasteiger partial charge in [0, 0.05) is 6.07 Å². The Labute approximate surface area is 156 Å². The maximum absolute atomic E-state index is 12.1. The van der Waals surface area contributed by atoms with Crippen molar-refractivity contribution in [2.75, 3.05) is 11.9 Å². The molecule has 0 atom stereocenters. The number of ether oxygens (including phenoxy) is 1. The molecule has 0 radical (unpaired) electrons. The van der Waals surface area contributed by atoms with Gasteiger partial charge in [-0.25, -0.2) is 4.79 Å². The van der Waals surface area contributed by atoms with Crippen LogP contribution in [0.3, 0.4) is 0 Å². The van der Waals surface area contributed by atoms with E-state index >= 15 is 0 Å². The largest absolute Gasteiger partial charge is 0.462 e. The quantitative estimate of drug-likeness (QED) is 0.371. The van der Waals surface area contributed by atoms with Crippen molar-refractivity contribution >= 4 is 23.0 Å². The lowest BCUT2D eigenvalue weighted by molar-refractivity contribution is -0.383. The Morgan fingerprint density at radius 1 is 0.963 bits per heavy atom. The standard InChI is InChI=1S/C21H18N2O4/c1-2-27-21(24)17-10-6-7-11-18(17)22-19-13-12-16(14-20(19)23(25)26)15-8-4-3-5-9-15/h3-14,22H,2H2,1H3. The number of nitrogens with zero attached hydrogens (tertiary/aromatic N) is 1. The van der Waals surface area contributed by atoms with E-state index in [-0.39, 0.29) is 12.3 Å². The van der Waals surface area contributed by atoms with E-state index in [4.69, 9.17) is 4.74 Å². The molecule has 3 aromatic rings. The molecule has 0 aliphatic carbocycles. The van der Waals surface area contributed by atoms with Gasteiger partial charge < -0.3 is 10.1 Å². The molecule has 0 bridgehead atoms. The molecule has 0 amide bonds. The summed E-state index contributed by atoms with van der Waals surface area (Å²) in [5.74, 6) is -0.482. The molecular weight excluding hydrogens is 344 g/mol. The number of carbonyl (C=O) groups is 1. The minimum absolute atomic E-state index is 0.0741. The van der Waals surface area contributed by atoms with Crippen molar-refractivity contribution < 1.29 is 14.5 Å². The fraction of sp³-hybridized carbons (Fsp3) is 0.0952. The number of hydrogen-bond acceptors (Lipinski definition) is 5. The average Bonchev–Trinajstić information content (AvgIpc) is 2.69. The fourth-order valence-corrected chi connectivity index (χ4v) is 2.72. The third kappa shape index (κ3) is 4.12. The molecule has 3 aromatic carbocycles. The van der Waals surface area contributed by atoms with Crippen LogP contribution in [0.5, 0.6) is 0 Å². The first-order valence-corrected chi connectivity index (χ1v) is 8.47. The van der Waals surface area contributed by atoms with Crippen molar-refractivity contribution in [2.45, 2.75) is 6.92 Å². The highest BCUT2D eigenvalue weighted by molar-refractivity contribution is 5.97. The summed E-state index contributed by atoms with van der Waals surface area (Å²) in [4.78, 5) is 23.3. The number of esters is 1. The van der Waals surface area contributed by atoms with Crippen LogP contribution in [0.4, 0.5) is 17.1 Å². The van der Waals surface area contributed by atoms with Crippen LogP contribution < -0.4 is 5.32 Å². The van der Waals surface area contributed by atoms with Gasteiger partial charge in [-0.2, -0.15) is 0 Å². The number of carbonyl (C=O) groups excluding carboxylic acids is 1. The van der Waals surface area contributed by atoms with Crippen molar-refractivity contribution in [1.29, 1.82) is 0 Å². The van der Waals surface area contributed by atoms with Gasteiger partial charge in [0.05, 0.1) is 22.8 Å². The Morgan fingerprint density at radius 2 is 1.67 bits per heavy atom. The zero-order chi connectivity index (χ0) is 19.2. The van der Waals surface area contributed by atoms with Gasteiger partial charge in [0.25, 0.3) is 5.69 Å². The van der Waals surface area contributed by atoms with Crippen LogP contribution in [0.1, 0.15) is 17.3 Å². The zero-order valence-electron chi connectivity index (χ0n) is 14.7. The Morgan fingerprint density at radius 3 is 2.37 bits per heavy atom. The van der Waals surface area contributed by atoms with E-state index in [0.29, 0.717) is 16.9 Å². The topological polar surface area (TPSA) is 81.5 Å². The molecular formula is C21H18N2O4. The van der Waals surface area contributed by atoms with Crippen LogP contribution in [-0.2, 0) is 4.74 Å². The molecule has 0 aliphatic rings. The van der Waals surface area contributed by atoms with Gasteiger partial charge in [-0.3, -0.25) is 10.1 Å². The molecule has 3 rings (SSSR count). The number of para-hydroxylation sites is 1. The lowest BCUT2D eigenvalue weighted by atomic mass is 10.0. The van der Waals surface area contributed by atoms with Crippen LogP contribution in [0.2, 0.25) is 0 Å². The predicted octanol–water partition coefficient (Wildman–Crippen LogP) is 5.18. The van der Waals surface area contributed by atoms with E-state index < -0.39 is 10.9 Å². The van der Waals surface area contributed by atoms with E-state index in [1.54, 1.807) is 43.3 Å². The van der Waals surface area contributed by atoms with E-state index in [0.717, 1.165) is 11.1 Å². The maximum atomic E-state index is 12.1. The molecule has 0 aliphatic heterocycles. The summed E-state index contributed by atoms with van der Waals surface area (Å²) in [7, 11) is 0. The number of benzene rings is 3. The van der Waals surface area contributed by atoms with Gasteiger partial charge in [0.1, 0.15) is 5.69 Å². The molecule has 27 heavy (non-hydrogen) atoms. The molecule has 0 aromatic heterocycles. The van der Waals surface area contributed by atoms with Crippen molar-refractivity contribution in [3.05, 3.63) is 88.5 Å². The molecule has 0 spiro atoms. The number of hydrogen-bond donors (Lipinski definition) is 1. The summed E-state index contributed by atoms with van der Waals surface area (Å²) < 4.78 is 5.05. The predicted molar refractivity (Wildman–Crippen MR) is 104 cm³/mol. The Hall–Kier alpha value is -3.67. The monoisotopic (exact) mass is 362 g/mol. The second-order valence-electron chi connectivity index (χ2n) is 5.75. The first kappa shape index (κ1) is 18.1. The minimum Gasteiger partial charge on any atom is -0.462 e. The second-order valence-corrected chi connectivity index (χ2v) is 5.75. The zero-order valence-corrected chi connectivity index (χ0v) is 14.7. The highest BCUT2D eigenvalue weighted by Crippen LogP contribution is 2.33. The Kier molecular flexibility index (Phi) is 5.47. The van der Waals surface area contributed by atoms with Gasteiger partial charge in [-0.15, -0.1) is 0 Å². The molecule has 0 unspecified atom stereocenters. The van der Waals surface area contributed by atoms with Crippen molar-refractivity contribution in [1.82, 2.24) is 0 Å². The molecule has 0 saturated carbocycles. The summed E-state index contributed by atoms with van der Waals surface area (Å²) in [5, 5.41) is 14.6. The number of rotatable bonds is 6. The van der Waals surface area contributed by atoms with Gasteiger partial charge in [-0.1, -0.05) is 48.5 Å². The first-order chi connectivity index (χ1) is 13.1. The van der Waals surface area contributed by atoms with Crippen molar-refractivity contribution in [3.8, 4) is 11.1 Å². The summed E-state index contributed by atoms with van der Waals surface area (Å²) in [6.07, 6.45) is 0. The van der Waals surface area contributed by atoms with Crippen LogP contribution in [0, 0.1) is 10.1 Å². The fourth-order valence-electron chi connectivity index (χ4n) is 2.72. The van der Waals surface area contributed by atoms with Crippen molar-refractivity contribution in [3.63, 3.8) is 0 Å². The average molecular weight is 362 g/mol. The smallest absolute Gasteiger partial charge is 0.340 e. The maximum Gasteiger partial charge on any atom is 0.340 e. The van der Waals surface area contributed by atoms with Crippen LogP contribution in [-0.4, -0.2) is 17.5 Å². The van der Waals surface area contributed by atoms with Crippen LogP contribution in [0.15, 0.2) is 72.8 Å². The molecule has 6 heteroatoms. The van der Waals surface area contributed by atoms with Crippen LogP contribution >= 0.6 is 0 Å². The van der Waals surface area contributed by atoms with Gasteiger partial charge in [-0.05, 0) is 36.2 Å². The Bertz CT molecular complexity index is 971. The van der Waals surface area contributed by atoms with Gasteiger partial charge in [0.2, 0.25) is 0 Å².